The molecular formula is C13H18N2O4. The molecule has 104 valence electrons. The average molecular weight is 266 g/mol. The molecule has 0 heterocycles. The molecule has 6 nitrogen and oxygen atoms in total. The Morgan fingerprint density at radius 2 is 2.05 bits per heavy atom. The quantitative estimate of drug-likeness (QED) is 0.639. The first-order chi connectivity index (χ1) is 8.93. The number of carbonyl (C=O) groups excluding carboxylic acids is 2. The monoisotopic (exact) mass is 266 g/mol. The molecule has 0 saturated heterocycles. The number of nitrogens with two attached hydrogens (primary N) is 1. The number of hydrogen-bond donors (Lipinski definition) is 2. The Morgan fingerprint density at radius 3 is 2.63 bits per heavy atom. The third kappa shape index (κ3) is 4.50. The van der Waals surface area contributed by atoms with Crippen molar-refractivity contribution < 1.29 is 19.1 Å². The van der Waals surface area contributed by atoms with Gasteiger partial charge in [0, 0.05) is 12.2 Å². The second-order valence-electron chi connectivity index (χ2n) is 4.22. The molecule has 0 unspecified atom stereocenters. The van der Waals surface area contributed by atoms with Gasteiger partial charge in [-0.15, -0.1) is 0 Å². The van der Waals surface area contributed by atoms with Crippen molar-refractivity contribution in [3.8, 4) is 0 Å². The number of carbonyl (C=O) groups is 2. The molecular weight excluding hydrogens is 248 g/mol. The Hall–Kier alpha value is -2.24. The predicted molar refractivity (Wildman–Crippen MR) is 70.7 cm³/mol. The number of rotatable bonds is 4. The molecule has 1 amide bonds. The minimum atomic E-state index is -0.510. The second kappa shape index (κ2) is 6.63. The first-order valence-electron chi connectivity index (χ1n) is 5.85. The van der Waals surface area contributed by atoms with Gasteiger partial charge in [0.15, 0.2) is 0 Å². The fourth-order valence-corrected chi connectivity index (χ4v) is 1.43. The van der Waals surface area contributed by atoms with Crippen LogP contribution >= 0.6 is 0 Å². The van der Waals surface area contributed by atoms with Gasteiger partial charge >= 0.3 is 12.1 Å². The maximum absolute atomic E-state index is 11.5. The lowest BCUT2D eigenvalue weighted by Crippen LogP contribution is -2.26. The maximum atomic E-state index is 11.5. The van der Waals surface area contributed by atoms with E-state index in [0.717, 1.165) is 5.56 Å². The molecule has 0 aliphatic carbocycles. The van der Waals surface area contributed by atoms with Crippen LogP contribution in [0.25, 0.3) is 0 Å². The zero-order valence-corrected chi connectivity index (χ0v) is 11.2. The van der Waals surface area contributed by atoms with Crippen LogP contribution in [-0.4, -0.2) is 25.3 Å². The summed E-state index contributed by atoms with van der Waals surface area (Å²) in [6.07, 6.45) is -0.691. The predicted octanol–water partition coefficient (Wildman–Crippen LogP) is 1.69. The van der Waals surface area contributed by atoms with Gasteiger partial charge in [-0.1, -0.05) is 6.07 Å². The molecule has 0 aromatic heterocycles. The standard InChI is InChI=1S/C13H18N2O4/c1-8(2)19-13(17)15-7-9-4-5-11(14)10(6-9)12(16)18-3/h4-6,8H,7,14H2,1-3H3,(H,15,17). The molecule has 0 aliphatic heterocycles. The number of nitrogens with one attached hydrogen (secondary N) is 1. The third-order valence-corrected chi connectivity index (χ3v) is 2.30. The smallest absolute Gasteiger partial charge is 0.407 e. The van der Waals surface area contributed by atoms with Gasteiger partial charge in [-0.05, 0) is 31.5 Å². The van der Waals surface area contributed by atoms with Gasteiger partial charge in [0.25, 0.3) is 0 Å². The molecule has 1 aromatic rings. The summed E-state index contributed by atoms with van der Waals surface area (Å²) in [6.45, 7) is 3.77. The molecule has 0 spiro atoms. The highest BCUT2D eigenvalue weighted by molar-refractivity contribution is 5.95. The van der Waals surface area contributed by atoms with E-state index in [1.54, 1.807) is 32.0 Å². The Bertz CT molecular complexity index is 472. The van der Waals surface area contributed by atoms with Gasteiger partial charge in [-0.3, -0.25) is 0 Å². The Labute approximate surface area is 111 Å². The molecule has 0 saturated carbocycles. The van der Waals surface area contributed by atoms with Crippen LogP contribution in [0.5, 0.6) is 0 Å². The van der Waals surface area contributed by atoms with E-state index in [0.29, 0.717) is 5.69 Å². The van der Waals surface area contributed by atoms with Crippen molar-refractivity contribution in [2.75, 3.05) is 12.8 Å². The van der Waals surface area contributed by atoms with Crippen molar-refractivity contribution in [2.45, 2.75) is 26.5 Å². The molecule has 6 heteroatoms. The van der Waals surface area contributed by atoms with Crippen molar-refractivity contribution in [2.24, 2.45) is 0 Å². The van der Waals surface area contributed by atoms with Crippen LogP contribution in [0.3, 0.4) is 0 Å². The van der Waals surface area contributed by atoms with E-state index in [-0.39, 0.29) is 18.2 Å². The lowest BCUT2D eigenvalue weighted by molar-refractivity contribution is 0.0602. The van der Waals surface area contributed by atoms with Gasteiger partial charge in [0.1, 0.15) is 0 Å². The first-order valence-corrected chi connectivity index (χ1v) is 5.85. The summed E-state index contributed by atoms with van der Waals surface area (Å²) in [5.41, 5.74) is 7.02. The second-order valence-corrected chi connectivity index (χ2v) is 4.22. The fourth-order valence-electron chi connectivity index (χ4n) is 1.43. The zero-order valence-electron chi connectivity index (χ0n) is 11.2. The summed E-state index contributed by atoms with van der Waals surface area (Å²) in [7, 11) is 1.28. The van der Waals surface area contributed by atoms with Crippen LogP contribution in [-0.2, 0) is 16.0 Å². The number of anilines is 1. The fraction of sp³-hybridized carbons (Fsp3) is 0.385. The van der Waals surface area contributed by atoms with Crippen molar-refractivity contribution in [1.29, 1.82) is 0 Å². The highest BCUT2D eigenvalue weighted by atomic mass is 16.6. The largest absolute Gasteiger partial charge is 0.465 e. The Balaban J connectivity index is 2.70. The van der Waals surface area contributed by atoms with Gasteiger partial charge in [0.05, 0.1) is 18.8 Å². The zero-order chi connectivity index (χ0) is 14.4. The molecule has 0 bridgehead atoms. The number of amides is 1. The highest BCUT2D eigenvalue weighted by Crippen LogP contribution is 2.15. The van der Waals surface area contributed by atoms with E-state index < -0.39 is 12.1 Å². The van der Waals surface area contributed by atoms with E-state index in [1.165, 1.54) is 7.11 Å². The summed E-state index contributed by atoms with van der Waals surface area (Å²) in [5.74, 6) is -0.510. The molecule has 1 rings (SSSR count). The van der Waals surface area contributed by atoms with E-state index in [1.807, 2.05) is 0 Å². The first kappa shape index (κ1) is 14.8. The summed E-state index contributed by atoms with van der Waals surface area (Å²) in [5, 5.41) is 2.58. The van der Waals surface area contributed by atoms with Gasteiger partial charge in [0.2, 0.25) is 0 Å². The molecule has 19 heavy (non-hydrogen) atoms. The SMILES string of the molecule is COC(=O)c1cc(CNC(=O)OC(C)C)ccc1N. The number of hydrogen-bond acceptors (Lipinski definition) is 5. The van der Waals surface area contributed by atoms with E-state index >= 15 is 0 Å². The van der Waals surface area contributed by atoms with Gasteiger partial charge in [-0.2, -0.15) is 0 Å². The average Bonchev–Trinajstić information content (AvgIpc) is 2.36. The summed E-state index contributed by atoms with van der Waals surface area (Å²) in [6, 6.07) is 4.89. The van der Waals surface area contributed by atoms with E-state index in [4.69, 9.17) is 10.5 Å². The normalized spacial score (nSPS) is 10.1. The lowest BCUT2D eigenvalue weighted by Gasteiger charge is -2.10. The third-order valence-electron chi connectivity index (χ3n) is 2.30. The molecule has 3 N–H and O–H groups in total. The molecule has 0 radical (unpaired) electrons. The van der Waals surface area contributed by atoms with Crippen LogP contribution in [0.4, 0.5) is 10.5 Å². The number of esters is 1. The van der Waals surface area contributed by atoms with Gasteiger partial charge in [-0.25, -0.2) is 9.59 Å². The van der Waals surface area contributed by atoms with Crippen LogP contribution in [0.2, 0.25) is 0 Å². The van der Waals surface area contributed by atoms with Gasteiger partial charge < -0.3 is 20.5 Å². The number of ether oxygens (including phenoxy) is 2. The summed E-state index contributed by atoms with van der Waals surface area (Å²) in [4.78, 5) is 22.8. The van der Waals surface area contributed by atoms with Crippen molar-refractivity contribution in [3.63, 3.8) is 0 Å². The molecule has 1 aromatic carbocycles. The Morgan fingerprint density at radius 1 is 1.37 bits per heavy atom. The van der Waals surface area contributed by atoms with Crippen molar-refractivity contribution in [1.82, 2.24) is 5.32 Å². The minimum absolute atomic E-state index is 0.183. The lowest BCUT2D eigenvalue weighted by atomic mass is 10.1. The van der Waals surface area contributed by atoms with E-state index in [2.05, 4.69) is 10.1 Å². The van der Waals surface area contributed by atoms with Crippen LogP contribution in [0.15, 0.2) is 18.2 Å². The maximum Gasteiger partial charge on any atom is 0.407 e. The van der Waals surface area contributed by atoms with Crippen LogP contribution in [0.1, 0.15) is 29.8 Å². The minimum Gasteiger partial charge on any atom is -0.465 e. The topological polar surface area (TPSA) is 90.6 Å². The number of nitrogen functional groups attached to an aromatic ring is 1. The van der Waals surface area contributed by atoms with Crippen LogP contribution in [0, 0.1) is 0 Å². The van der Waals surface area contributed by atoms with E-state index in [9.17, 15) is 9.59 Å². The highest BCUT2D eigenvalue weighted by Gasteiger charge is 2.11. The van der Waals surface area contributed by atoms with Crippen LogP contribution < -0.4 is 11.1 Å². The number of methoxy groups -OCH3 is 1. The number of benzene rings is 1. The molecule has 0 aliphatic rings. The van der Waals surface area contributed by atoms with Crippen molar-refractivity contribution >= 4 is 17.7 Å². The summed E-state index contributed by atoms with van der Waals surface area (Å²) >= 11 is 0. The Kier molecular flexibility index (Phi) is 5.17. The molecule has 0 atom stereocenters. The summed E-state index contributed by atoms with van der Waals surface area (Å²) < 4.78 is 9.55. The molecule has 0 fully saturated rings. The number of alkyl carbamates (subject to hydrolysis) is 1. The van der Waals surface area contributed by atoms with Crippen molar-refractivity contribution in [3.05, 3.63) is 29.3 Å².